The van der Waals surface area contributed by atoms with Crippen LogP contribution in [0.25, 0.3) is 10.2 Å². The van der Waals surface area contributed by atoms with Crippen molar-refractivity contribution in [2.45, 2.75) is 70.5 Å². The van der Waals surface area contributed by atoms with Gasteiger partial charge in [-0.15, -0.1) is 11.3 Å². The minimum atomic E-state index is -1.61. The molecule has 8 heteroatoms. The number of benzene rings is 1. The molecule has 0 bridgehead atoms. The summed E-state index contributed by atoms with van der Waals surface area (Å²) >= 11 is 15.3. The van der Waals surface area contributed by atoms with E-state index in [-0.39, 0.29) is 24.4 Å². The molecule has 180 valence electrons. The Morgan fingerprint density at radius 3 is 2.68 bits per heavy atom. The van der Waals surface area contributed by atoms with Gasteiger partial charge in [-0.25, -0.2) is 0 Å². The molecule has 3 heterocycles. The van der Waals surface area contributed by atoms with E-state index in [1.165, 1.54) is 9.78 Å². The van der Waals surface area contributed by atoms with E-state index < -0.39 is 5.00 Å². The monoisotopic (exact) mass is 517 g/mol. The number of fused-ring (bicyclic) bond motifs is 3. The fourth-order valence-electron chi connectivity index (χ4n) is 5.18. The average Bonchev–Trinajstić information content (AvgIpc) is 3.36. The fourth-order valence-corrected chi connectivity index (χ4v) is 6.74. The summed E-state index contributed by atoms with van der Waals surface area (Å²) in [7, 11) is 0. The van der Waals surface area contributed by atoms with E-state index in [9.17, 15) is 9.59 Å². The van der Waals surface area contributed by atoms with Crippen LogP contribution in [0.15, 0.2) is 30.3 Å². The topological polar surface area (TPSA) is 54.3 Å². The van der Waals surface area contributed by atoms with E-state index in [2.05, 4.69) is 25.2 Å². The van der Waals surface area contributed by atoms with Gasteiger partial charge in [0.1, 0.15) is 5.69 Å². The number of hydrogen-bond acceptors (Lipinski definition) is 3. The predicted octanol–water partition coefficient (Wildman–Crippen LogP) is 6.52. The van der Waals surface area contributed by atoms with Gasteiger partial charge in [-0.05, 0) is 74.8 Å². The van der Waals surface area contributed by atoms with Crippen molar-refractivity contribution in [3.05, 3.63) is 51.5 Å². The van der Waals surface area contributed by atoms with Crippen molar-refractivity contribution in [1.29, 1.82) is 0 Å². The first kappa shape index (κ1) is 23.7. The van der Waals surface area contributed by atoms with Gasteiger partial charge < -0.3 is 9.88 Å². The van der Waals surface area contributed by atoms with Crippen LogP contribution in [0.2, 0.25) is 5.02 Å². The van der Waals surface area contributed by atoms with Gasteiger partial charge >= 0.3 is 0 Å². The van der Waals surface area contributed by atoms with Gasteiger partial charge in [0.05, 0.1) is 22.4 Å². The maximum Gasteiger partial charge on any atom is 0.276 e. The number of hydrogen-bond donors (Lipinski definition) is 1. The number of aromatic nitrogens is 1. The van der Waals surface area contributed by atoms with Gasteiger partial charge in [0.15, 0.2) is 0 Å². The number of halogens is 2. The van der Waals surface area contributed by atoms with E-state index >= 15 is 0 Å². The van der Waals surface area contributed by atoms with Gasteiger partial charge in [0.2, 0.25) is 5.00 Å². The van der Waals surface area contributed by atoms with Crippen LogP contribution in [-0.2, 0) is 17.8 Å². The predicted molar refractivity (Wildman–Crippen MR) is 140 cm³/mol. The highest BCUT2D eigenvalue weighted by atomic mass is 35.5. The fraction of sp³-hybridized carbons (Fsp3) is 0.462. The zero-order valence-corrected chi connectivity index (χ0v) is 22.0. The van der Waals surface area contributed by atoms with Crippen LogP contribution in [0.3, 0.4) is 0 Å². The van der Waals surface area contributed by atoms with E-state index in [1.807, 2.05) is 23.6 Å². The normalized spacial score (nSPS) is 25.0. The maximum absolute atomic E-state index is 14.0. The number of alkyl halides is 1. The van der Waals surface area contributed by atoms with Crippen molar-refractivity contribution in [2.24, 2.45) is 5.92 Å². The molecule has 5 rings (SSSR count). The van der Waals surface area contributed by atoms with Crippen molar-refractivity contribution in [1.82, 2.24) is 9.88 Å². The van der Waals surface area contributed by atoms with Crippen LogP contribution in [0.1, 0.15) is 60.5 Å². The van der Waals surface area contributed by atoms with Gasteiger partial charge in [0, 0.05) is 15.9 Å². The summed E-state index contributed by atoms with van der Waals surface area (Å²) in [6, 6.07) is 9.46. The SMILES string of the molecule is CCc1cc2c(cc3n2CC(Cl)(C(=O)NC2CCC(C)CC2)N(c2cccc(Cl)c2C)C3=O)s1. The molecular weight excluding hydrogens is 489 g/mol. The zero-order valence-electron chi connectivity index (χ0n) is 19.7. The lowest BCUT2D eigenvalue weighted by Gasteiger charge is -2.43. The van der Waals surface area contributed by atoms with Crippen molar-refractivity contribution >= 4 is 62.3 Å². The Balaban J connectivity index is 1.60. The van der Waals surface area contributed by atoms with E-state index in [4.69, 9.17) is 23.2 Å². The van der Waals surface area contributed by atoms with Crippen LogP contribution in [0.5, 0.6) is 0 Å². The molecule has 1 saturated carbocycles. The van der Waals surface area contributed by atoms with Crippen LogP contribution < -0.4 is 10.2 Å². The Morgan fingerprint density at radius 1 is 1.24 bits per heavy atom. The van der Waals surface area contributed by atoms with E-state index in [0.29, 0.717) is 22.3 Å². The minimum Gasteiger partial charge on any atom is -0.350 e. The number of nitrogens with zero attached hydrogens (tertiary/aromatic N) is 2. The van der Waals surface area contributed by atoms with Gasteiger partial charge in [-0.2, -0.15) is 0 Å². The molecule has 3 aromatic rings. The molecule has 2 aromatic heterocycles. The Morgan fingerprint density at radius 2 is 1.97 bits per heavy atom. The average molecular weight is 519 g/mol. The summed E-state index contributed by atoms with van der Waals surface area (Å²) in [4.78, 5) is 28.9. The quantitative estimate of drug-likeness (QED) is 0.316. The molecule has 1 aromatic carbocycles. The van der Waals surface area contributed by atoms with Crippen molar-refractivity contribution in [2.75, 3.05) is 4.90 Å². The lowest BCUT2D eigenvalue weighted by atomic mass is 9.87. The van der Waals surface area contributed by atoms with Crippen LogP contribution in [-0.4, -0.2) is 27.4 Å². The molecule has 1 aliphatic heterocycles. The largest absolute Gasteiger partial charge is 0.350 e. The molecule has 2 aliphatic rings. The Hall–Kier alpha value is -2.02. The second kappa shape index (κ2) is 8.89. The second-order valence-corrected chi connectivity index (χ2v) is 11.8. The van der Waals surface area contributed by atoms with E-state index in [0.717, 1.165) is 47.9 Å². The molecule has 5 nitrogen and oxygen atoms in total. The van der Waals surface area contributed by atoms with Crippen LogP contribution >= 0.6 is 34.5 Å². The molecule has 1 N–H and O–H groups in total. The Bertz CT molecular complexity index is 1270. The van der Waals surface area contributed by atoms with Crippen molar-refractivity contribution in [3.63, 3.8) is 0 Å². The number of rotatable bonds is 4. The standard InChI is InChI=1S/C26H29Cl2N3O2S/c1-4-18-12-21-23(34-18)13-22-24(32)31(20-7-5-6-19(27)16(20)3)26(28,14-30(21)22)25(33)29-17-10-8-15(2)9-11-17/h5-7,12-13,15,17H,4,8-11,14H2,1-3H3,(H,29,33). The first-order valence-corrected chi connectivity index (χ1v) is 13.5. The summed E-state index contributed by atoms with van der Waals surface area (Å²) in [6.45, 7) is 6.37. The molecule has 1 aliphatic carbocycles. The summed E-state index contributed by atoms with van der Waals surface area (Å²) in [5.41, 5.74) is 2.78. The molecule has 2 amide bonds. The highest BCUT2D eigenvalue weighted by Crippen LogP contribution is 2.42. The highest BCUT2D eigenvalue weighted by Gasteiger charge is 2.52. The minimum absolute atomic E-state index is 0.0654. The second-order valence-electron chi connectivity index (χ2n) is 9.65. The summed E-state index contributed by atoms with van der Waals surface area (Å²) < 4.78 is 2.95. The number of carbonyl (C=O) groups excluding carboxylic acids is 2. The number of anilines is 1. The molecule has 1 fully saturated rings. The number of nitrogens with one attached hydrogen (secondary N) is 1. The Labute approximate surface area is 214 Å². The summed E-state index contributed by atoms with van der Waals surface area (Å²) in [5, 5.41) is 3.71. The molecule has 1 unspecified atom stereocenters. The molecule has 1 atom stereocenters. The smallest absolute Gasteiger partial charge is 0.276 e. The van der Waals surface area contributed by atoms with Crippen molar-refractivity contribution < 1.29 is 9.59 Å². The third-order valence-corrected chi connectivity index (χ3v) is 9.40. The Kier molecular flexibility index (Phi) is 6.20. The van der Waals surface area contributed by atoms with Gasteiger partial charge in [0.25, 0.3) is 11.8 Å². The lowest BCUT2D eigenvalue weighted by Crippen LogP contribution is -2.64. The first-order chi connectivity index (χ1) is 16.2. The molecule has 34 heavy (non-hydrogen) atoms. The zero-order chi connectivity index (χ0) is 24.2. The maximum atomic E-state index is 14.0. The molecule has 0 spiro atoms. The third-order valence-electron chi connectivity index (χ3n) is 7.31. The van der Waals surface area contributed by atoms with E-state index in [1.54, 1.807) is 23.5 Å². The molecule has 0 radical (unpaired) electrons. The van der Waals surface area contributed by atoms with Gasteiger partial charge in [-0.3, -0.25) is 14.5 Å². The first-order valence-electron chi connectivity index (χ1n) is 11.9. The lowest BCUT2D eigenvalue weighted by molar-refractivity contribution is -0.125. The van der Waals surface area contributed by atoms with Crippen LogP contribution in [0, 0.1) is 12.8 Å². The number of thiophene rings is 1. The van der Waals surface area contributed by atoms with Crippen LogP contribution in [0.4, 0.5) is 5.69 Å². The number of carbonyl (C=O) groups is 2. The van der Waals surface area contributed by atoms with Gasteiger partial charge in [-0.1, -0.05) is 43.1 Å². The molecule has 0 saturated heterocycles. The van der Waals surface area contributed by atoms with Crippen molar-refractivity contribution in [3.8, 4) is 0 Å². The molecular formula is C26H29Cl2N3O2S. The third kappa shape index (κ3) is 3.84. The summed E-state index contributed by atoms with van der Waals surface area (Å²) in [6.07, 6.45) is 4.92. The summed E-state index contributed by atoms with van der Waals surface area (Å²) in [5.74, 6) is 0.0439. The number of amides is 2. The highest BCUT2D eigenvalue weighted by molar-refractivity contribution is 7.19. The number of aryl methyl sites for hydroxylation is 1.